The summed E-state index contributed by atoms with van der Waals surface area (Å²) in [6.07, 6.45) is 0.507. The van der Waals surface area contributed by atoms with E-state index in [-0.39, 0.29) is 0 Å². The van der Waals surface area contributed by atoms with Gasteiger partial charge in [0.05, 0.1) is 5.54 Å². The fourth-order valence-electron chi connectivity index (χ4n) is 0.0223. The van der Waals surface area contributed by atoms with Crippen LogP contribution in [0.2, 0.25) is 0 Å². The van der Waals surface area contributed by atoms with Crippen LogP contribution in [-0.2, 0) is 4.79 Å². The minimum Gasteiger partial charge on any atom is -0.301 e. The molecule has 0 aliphatic heterocycles. The van der Waals surface area contributed by atoms with Crippen LogP contribution in [-0.4, -0.2) is 11.8 Å². The maximum atomic E-state index is 11.3. The molecule has 0 fully saturated rings. The molecular weight excluding hydrogens is 97.0 g/mol. The van der Waals surface area contributed by atoms with Gasteiger partial charge in [-0.15, -0.1) is 10.0 Å². The molecule has 0 aromatic rings. The molecule has 42 valence electrons. The van der Waals surface area contributed by atoms with Gasteiger partial charge in [0.15, 0.2) is 0 Å². The Hall–Kier alpha value is -0.440. The molecule has 0 unspecified atom stereocenters. The molecule has 1 N–H and O–H groups in total. The van der Waals surface area contributed by atoms with Gasteiger partial charge in [-0.1, -0.05) is 0 Å². The number of carbonyl (C=O) groups excluding carboxylic acids is 1. The van der Waals surface area contributed by atoms with Gasteiger partial charge >= 0.3 is 0 Å². The number of nitrogens with one attached hydrogen (secondary N) is 1. The fraction of sp³-hybridized carbons (Fsp3) is 0.750. The second-order valence-corrected chi connectivity index (χ2v) is 1.93. The van der Waals surface area contributed by atoms with E-state index in [0.29, 0.717) is 6.29 Å². The van der Waals surface area contributed by atoms with Crippen molar-refractivity contribution in [3.8, 4) is 0 Å². The second kappa shape index (κ2) is 2.02. The normalized spacial score (nSPS) is 11.3. The summed E-state index contributed by atoms with van der Waals surface area (Å²) in [6, 6.07) is 0. The summed E-state index contributed by atoms with van der Waals surface area (Å²) in [5.41, 5.74) is 0.309. The Labute approximate surface area is 41.6 Å². The summed E-state index contributed by atoms with van der Waals surface area (Å²) in [6.45, 7) is 2.89. The monoisotopic (exact) mass is 105 g/mol. The van der Waals surface area contributed by atoms with Crippen LogP contribution in [0, 0.1) is 0 Å². The summed E-state index contributed by atoms with van der Waals surface area (Å²) in [5.74, 6) is 0. The molecule has 2 nitrogen and oxygen atoms in total. The molecule has 0 saturated carbocycles. The highest BCUT2D eigenvalue weighted by atomic mass is 19.2. The minimum absolute atomic E-state index is 0.507. The number of halogens is 1. The molecule has 0 aliphatic carbocycles. The molecule has 0 bridgehead atoms. The lowest BCUT2D eigenvalue weighted by atomic mass is 10.1. The number of hydrogen-bond acceptors (Lipinski definition) is 2. The largest absolute Gasteiger partial charge is 0.301 e. The van der Waals surface area contributed by atoms with Gasteiger partial charge in [0, 0.05) is 0 Å². The van der Waals surface area contributed by atoms with E-state index in [1.807, 2.05) is 0 Å². The number of carbonyl (C=O) groups is 1. The summed E-state index contributed by atoms with van der Waals surface area (Å²) in [4.78, 5) is 9.76. The zero-order chi connectivity index (χ0) is 5.91. The zero-order valence-corrected chi connectivity index (χ0v) is 4.36. The first-order chi connectivity index (χ1) is 3.12. The lowest BCUT2D eigenvalue weighted by Crippen LogP contribution is -2.34. The van der Waals surface area contributed by atoms with Crippen LogP contribution < -0.4 is 5.54 Å². The number of rotatable bonds is 2. The summed E-state index contributed by atoms with van der Waals surface area (Å²) >= 11 is 0. The number of aldehydes is 1. The predicted octanol–water partition coefficient (Wildman–Crippen LogP) is 0.438. The molecule has 0 aliphatic rings. The molecule has 0 radical (unpaired) electrons. The summed E-state index contributed by atoms with van der Waals surface area (Å²) in [7, 11) is 0. The van der Waals surface area contributed by atoms with Gasteiger partial charge in [-0.2, -0.15) is 0 Å². The maximum Gasteiger partial charge on any atom is 0.142 e. The van der Waals surface area contributed by atoms with Crippen molar-refractivity contribution >= 4 is 6.29 Å². The highest BCUT2D eigenvalue weighted by molar-refractivity contribution is 5.62. The Morgan fingerprint density at radius 3 is 2.14 bits per heavy atom. The van der Waals surface area contributed by atoms with E-state index in [0.717, 1.165) is 0 Å². The predicted molar refractivity (Wildman–Crippen MR) is 24.4 cm³/mol. The Morgan fingerprint density at radius 2 is 2.14 bits per heavy atom. The Kier molecular flexibility index (Phi) is 1.90. The van der Waals surface area contributed by atoms with E-state index in [1.54, 1.807) is 0 Å². The van der Waals surface area contributed by atoms with E-state index in [4.69, 9.17) is 0 Å². The molecule has 0 spiro atoms. The molecule has 0 saturated heterocycles. The van der Waals surface area contributed by atoms with Gasteiger partial charge in [0.1, 0.15) is 6.29 Å². The van der Waals surface area contributed by atoms with E-state index in [2.05, 4.69) is 0 Å². The molecule has 7 heavy (non-hydrogen) atoms. The molecular formula is C4H8FNO. The lowest BCUT2D eigenvalue weighted by Gasteiger charge is -2.09. The first kappa shape index (κ1) is 6.56. The van der Waals surface area contributed by atoms with Crippen LogP contribution >= 0.6 is 0 Å². The van der Waals surface area contributed by atoms with E-state index in [1.165, 1.54) is 19.4 Å². The second-order valence-electron chi connectivity index (χ2n) is 1.93. The SMILES string of the molecule is CC(C)(C=O)NF. The molecule has 3 heteroatoms. The molecule has 0 heterocycles. The van der Waals surface area contributed by atoms with Crippen LogP contribution in [0.5, 0.6) is 0 Å². The van der Waals surface area contributed by atoms with Crippen LogP contribution in [0.1, 0.15) is 13.8 Å². The third kappa shape index (κ3) is 2.28. The van der Waals surface area contributed by atoms with Crippen molar-refractivity contribution in [1.29, 1.82) is 0 Å². The topological polar surface area (TPSA) is 29.1 Å². The third-order valence-corrected chi connectivity index (χ3v) is 0.538. The molecule has 0 atom stereocenters. The highest BCUT2D eigenvalue weighted by Gasteiger charge is 2.13. The smallest absolute Gasteiger partial charge is 0.142 e. The van der Waals surface area contributed by atoms with Crippen LogP contribution in [0.15, 0.2) is 0 Å². The average Bonchev–Trinajstić information content (AvgIpc) is 1.68. The average molecular weight is 105 g/mol. The Balaban J connectivity index is 3.58. The van der Waals surface area contributed by atoms with Crippen LogP contribution in [0.3, 0.4) is 0 Å². The van der Waals surface area contributed by atoms with Gasteiger partial charge in [-0.25, -0.2) is 0 Å². The van der Waals surface area contributed by atoms with Gasteiger partial charge < -0.3 is 4.79 Å². The lowest BCUT2D eigenvalue weighted by molar-refractivity contribution is -0.113. The maximum absolute atomic E-state index is 11.3. The van der Waals surface area contributed by atoms with E-state index < -0.39 is 5.54 Å². The standard InChI is InChI=1S/C4H8FNO/c1-4(2,3-7)6-5/h3,6H,1-2H3. The van der Waals surface area contributed by atoms with Crippen molar-refractivity contribution in [1.82, 2.24) is 5.54 Å². The van der Waals surface area contributed by atoms with Gasteiger partial charge in [-0.05, 0) is 13.8 Å². The van der Waals surface area contributed by atoms with Crippen molar-refractivity contribution in [2.24, 2.45) is 0 Å². The first-order valence-corrected chi connectivity index (χ1v) is 1.96. The van der Waals surface area contributed by atoms with Gasteiger partial charge in [0.25, 0.3) is 0 Å². The van der Waals surface area contributed by atoms with Gasteiger partial charge in [0.2, 0.25) is 0 Å². The van der Waals surface area contributed by atoms with E-state index in [9.17, 15) is 9.28 Å². The highest BCUT2D eigenvalue weighted by Crippen LogP contribution is 1.93. The Morgan fingerprint density at radius 1 is 1.71 bits per heavy atom. The van der Waals surface area contributed by atoms with E-state index >= 15 is 0 Å². The molecule has 0 amide bonds. The Bertz CT molecular complexity index is 72.1. The molecule has 0 aromatic carbocycles. The van der Waals surface area contributed by atoms with Crippen molar-refractivity contribution in [3.05, 3.63) is 0 Å². The molecule has 0 aromatic heterocycles. The van der Waals surface area contributed by atoms with Crippen molar-refractivity contribution in [2.45, 2.75) is 19.4 Å². The van der Waals surface area contributed by atoms with Crippen molar-refractivity contribution in [3.63, 3.8) is 0 Å². The summed E-state index contributed by atoms with van der Waals surface area (Å²) < 4.78 is 11.3. The van der Waals surface area contributed by atoms with Crippen LogP contribution in [0.4, 0.5) is 4.48 Å². The van der Waals surface area contributed by atoms with Crippen molar-refractivity contribution in [2.75, 3.05) is 0 Å². The number of hydrogen-bond donors (Lipinski definition) is 1. The van der Waals surface area contributed by atoms with Crippen molar-refractivity contribution < 1.29 is 9.28 Å². The quantitative estimate of drug-likeness (QED) is 0.407. The zero-order valence-electron chi connectivity index (χ0n) is 4.36. The third-order valence-electron chi connectivity index (χ3n) is 0.538. The van der Waals surface area contributed by atoms with Crippen LogP contribution in [0.25, 0.3) is 0 Å². The first-order valence-electron chi connectivity index (χ1n) is 1.96. The fourth-order valence-corrected chi connectivity index (χ4v) is 0.0223. The minimum atomic E-state index is -1.01. The summed E-state index contributed by atoms with van der Waals surface area (Å²) in [5, 5.41) is 0. The van der Waals surface area contributed by atoms with Gasteiger partial charge in [-0.3, -0.25) is 0 Å². The molecule has 0 rings (SSSR count).